The first-order valence-electron chi connectivity index (χ1n) is 5.44. The Morgan fingerprint density at radius 1 is 1.21 bits per heavy atom. The molecule has 1 aromatic heterocycles. The highest BCUT2D eigenvalue weighted by Crippen LogP contribution is 2.34. The highest BCUT2D eigenvalue weighted by atomic mass is 35.5. The number of benzene rings is 1. The highest BCUT2D eigenvalue weighted by molar-refractivity contribution is 6.37. The third-order valence-electron chi connectivity index (χ3n) is 2.60. The van der Waals surface area contributed by atoms with Gasteiger partial charge in [0.25, 0.3) is 0 Å². The summed E-state index contributed by atoms with van der Waals surface area (Å²) in [7, 11) is 3.15. The van der Waals surface area contributed by atoms with Crippen LogP contribution in [0, 0.1) is 5.82 Å². The number of halogens is 3. The van der Waals surface area contributed by atoms with E-state index in [1.165, 1.54) is 19.2 Å². The number of nitrogens with one attached hydrogen (secondary N) is 1. The predicted molar refractivity (Wildman–Crippen MR) is 75.7 cm³/mol. The van der Waals surface area contributed by atoms with Gasteiger partial charge in [0.05, 0.1) is 22.8 Å². The zero-order valence-corrected chi connectivity index (χ0v) is 11.8. The maximum atomic E-state index is 14.0. The van der Waals surface area contributed by atoms with Crippen molar-refractivity contribution in [1.82, 2.24) is 4.98 Å². The van der Waals surface area contributed by atoms with Crippen molar-refractivity contribution >= 4 is 29.0 Å². The van der Waals surface area contributed by atoms with Crippen LogP contribution in [0.2, 0.25) is 10.0 Å². The molecule has 3 nitrogen and oxygen atoms in total. The van der Waals surface area contributed by atoms with Gasteiger partial charge in [-0.15, -0.1) is 0 Å². The van der Waals surface area contributed by atoms with Crippen LogP contribution in [0.1, 0.15) is 0 Å². The van der Waals surface area contributed by atoms with Crippen LogP contribution >= 0.6 is 23.2 Å². The molecule has 19 heavy (non-hydrogen) atoms. The Morgan fingerprint density at radius 2 is 1.95 bits per heavy atom. The molecule has 0 saturated heterocycles. The molecular weight excluding hydrogens is 290 g/mol. The first-order valence-corrected chi connectivity index (χ1v) is 6.20. The van der Waals surface area contributed by atoms with Crippen molar-refractivity contribution in [3.8, 4) is 17.0 Å². The minimum atomic E-state index is -0.460. The smallest absolute Gasteiger partial charge is 0.145 e. The molecule has 0 saturated carbocycles. The molecule has 2 rings (SSSR count). The van der Waals surface area contributed by atoms with E-state index in [4.69, 9.17) is 27.9 Å². The Labute approximate surface area is 120 Å². The number of methoxy groups -OCH3 is 1. The van der Waals surface area contributed by atoms with E-state index in [0.29, 0.717) is 27.8 Å². The van der Waals surface area contributed by atoms with Crippen molar-refractivity contribution in [3.05, 3.63) is 40.1 Å². The van der Waals surface area contributed by atoms with E-state index >= 15 is 0 Å². The average Bonchev–Trinajstić information content (AvgIpc) is 2.39. The molecular formula is C13H11Cl2FN2O. The van der Waals surface area contributed by atoms with Gasteiger partial charge in [0, 0.05) is 18.7 Å². The molecule has 1 N–H and O–H groups in total. The monoisotopic (exact) mass is 300 g/mol. The summed E-state index contributed by atoms with van der Waals surface area (Å²) in [6.45, 7) is 0. The van der Waals surface area contributed by atoms with Crippen LogP contribution in [-0.4, -0.2) is 19.1 Å². The summed E-state index contributed by atoms with van der Waals surface area (Å²) in [6.07, 6.45) is 0. The Kier molecular flexibility index (Phi) is 4.12. The number of nitrogens with zero attached hydrogens (tertiary/aromatic N) is 1. The lowest BCUT2D eigenvalue weighted by molar-refractivity contribution is 0.411. The molecule has 0 bridgehead atoms. The van der Waals surface area contributed by atoms with E-state index < -0.39 is 5.82 Å². The van der Waals surface area contributed by atoms with Gasteiger partial charge in [-0.05, 0) is 18.2 Å². The van der Waals surface area contributed by atoms with E-state index in [0.717, 1.165) is 0 Å². The highest BCUT2D eigenvalue weighted by Gasteiger charge is 2.14. The summed E-state index contributed by atoms with van der Waals surface area (Å²) < 4.78 is 19.0. The number of ether oxygens (including phenoxy) is 1. The lowest BCUT2D eigenvalue weighted by atomic mass is 10.1. The molecule has 0 radical (unpaired) electrons. The SMILES string of the molecule is CNc1nc(-c2ccc(OC)cc2F)c(Cl)cc1Cl. The minimum absolute atomic E-state index is 0.285. The zero-order chi connectivity index (χ0) is 14.0. The molecule has 1 aromatic carbocycles. The Bertz CT molecular complexity index is 620. The third-order valence-corrected chi connectivity index (χ3v) is 3.17. The van der Waals surface area contributed by atoms with Gasteiger partial charge in [-0.3, -0.25) is 0 Å². The van der Waals surface area contributed by atoms with Gasteiger partial charge < -0.3 is 10.1 Å². The zero-order valence-electron chi connectivity index (χ0n) is 10.3. The molecule has 2 aromatic rings. The van der Waals surface area contributed by atoms with Gasteiger partial charge in [-0.25, -0.2) is 9.37 Å². The lowest BCUT2D eigenvalue weighted by Crippen LogP contribution is -1.97. The van der Waals surface area contributed by atoms with E-state index in [1.54, 1.807) is 19.2 Å². The predicted octanol–water partition coefficient (Wildman–Crippen LogP) is 4.24. The largest absolute Gasteiger partial charge is 0.497 e. The van der Waals surface area contributed by atoms with Gasteiger partial charge in [-0.1, -0.05) is 23.2 Å². The molecule has 1 heterocycles. The number of hydrogen-bond acceptors (Lipinski definition) is 3. The molecule has 0 spiro atoms. The maximum Gasteiger partial charge on any atom is 0.145 e. The summed E-state index contributed by atoms with van der Waals surface area (Å²) in [4.78, 5) is 4.22. The van der Waals surface area contributed by atoms with Crippen LogP contribution in [0.5, 0.6) is 5.75 Å². The number of anilines is 1. The Balaban J connectivity index is 2.58. The fourth-order valence-electron chi connectivity index (χ4n) is 1.65. The second-order valence-electron chi connectivity index (χ2n) is 3.75. The van der Waals surface area contributed by atoms with Crippen molar-refractivity contribution in [2.24, 2.45) is 0 Å². The van der Waals surface area contributed by atoms with E-state index in [9.17, 15) is 4.39 Å². The van der Waals surface area contributed by atoms with Gasteiger partial charge in [0.15, 0.2) is 0 Å². The summed E-state index contributed by atoms with van der Waals surface area (Å²) in [5.41, 5.74) is 0.620. The third kappa shape index (κ3) is 2.74. The second kappa shape index (κ2) is 5.63. The van der Waals surface area contributed by atoms with Crippen LogP contribution in [0.15, 0.2) is 24.3 Å². The normalized spacial score (nSPS) is 10.4. The van der Waals surface area contributed by atoms with Crippen molar-refractivity contribution in [1.29, 1.82) is 0 Å². The standard InChI is InChI=1S/C13H11Cl2FN2O/c1-17-13-10(15)6-9(14)12(18-13)8-4-3-7(19-2)5-11(8)16/h3-6H,1-2H3,(H,17,18). The molecule has 0 aliphatic rings. The fourth-order valence-corrected chi connectivity index (χ4v) is 2.20. The Hall–Kier alpha value is -1.52. The molecule has 0 unspecified atom stereocenters. The van der Waals surface area contributed by atoms with E-state index in [2.05, 4.69) is 10.3 Å². The van der Waals surface area contributed by atoms with Gasteiger partial charge >= 0.3 is 0 Å². The average molecular weight is 301 g/mol. The molecule has 100 valence electrons. The molecule has 6 heteroatoms. The first kappa shape index (κ1) is 13.9. The summed E-state index contributed by atoms with van der Waals surface area (Å²) in [5.74, 6) is 0.412. The number of aromatic nitrogens is 1. The maximum absolute atomic E-state index is 14.0. The van der Waals surface area contributed by atoms with Gasteiger partial charge in [0.1, 0.15) is 17.4 Å². The van der Waals surface area contributed by atoms with Crippen LogP contribution in [0.3, 0.4) is 0 Å². The minimum Gasteiger partial charge on any atom is -0.497 e. The lowest BCUT2D eigenvalue weighted by Gasteiger charge is -2.10. The van der Waals surface area contributed by atoms with Crippen LogP contribution in [-0.2, 0) is 0 Å². The molecule has 0 aliphatic carbocycles. The van der Waals surface area contributed by atoms with Gasteiger partial charge in [-0.2, -0.15) is 0 Å². The van der Waals surface area contributed by atoms with Crippen LogP contribution < -0.4 is 10.1 Å². The number of pyridine rings is 1. The summed E-state index contributed by atoms with van der Waals surface area (Å²) >= 11 is 12.0. The van der Waals surface area contributed by atoms with Crippen molar-refractivity contribution < 1.29 is 9.13 Å². The Morgan fingerprint density at radius 3 is 2.53 bits per heavy atom. The quantitative estimate of drug-likeness (QED) is 0.920. The van der Waals surface area contributed by atoms with Crippen molar-refractivity contribution in [2.45, 2.75) is 0 Å². The molecule has 0 amide bonds. The van der Waals surface area contributed by atoms with E-state index in [1.807, 2.05) is 0 Å². The topological polar surface area (TPSA) is 34.2 Å². The molecule has 0 fully saturated rings. The number of rotatable bonds is 3. The summed E-state index contributed by atoms with van der Waals surface area (Å²) in [6, 6.07) is 6.02. The second-order valence-corrected chi connectivity index (χ2v) is 4.56. The van der Waals surface area contributed by atoms with Crippen LogP contribution in [0.25, 0.3) is 11.3 Å². The van der Waals surface area contributed by atoms with Crippen molar-refractivity contribution in [2.75, 3.05) is 19.5 Å². The van der Waals surface area contributed by atoms with Crippen LogP contribution in [0.4, 0.5) is 10.2 Å². The molecule has 0 atom stereocenters. The van der Waals surface area contributed by atoms with E-state index in [-0.39, 0.29) is 5.02 Å². The number of hydrogen-bond donors (Lipinski definition) is 1. The fraction of sp³-hybridized carbons (Fsp3) is 0.154. The first-order chi connectivity index (χ1) is 9.06. The molecule has 0 aliphatic heterocycles. The van der Waals surface area contributed by atoms with Gasteiger partial charge in [0.2, 0.25) is 0 Å². The van der Waals surface area contributed by atoms with Crippen molar-refractivity contribution in [3.63, 3.8) is 0 Å². The summed E-state index contributed by atoms with van der Waals surface area (Å²) in [5, 5.41) is 3.49.